The summed E-state index contributed by atoms with van der Waals surface area (Å²) >= 11 is 1.68. The largest absolute Gasteiger partial charge is 0.445 e. The van der Waals surface area contributed by atoms with Gasteiger partial charge in [0, 0.05) is 29.8 Å². The van der Waals surface area contributed by atoms with Crippen molar-refractivity contribution in [2.45, 2.75) is 43.8 Å². The molecule has 31 heavy (non-hydrogen) atoms. The maximum atomic E-state index is 12.8. The van der Waals surface area contributed by atoms with E-state index < -0.39 is 0 Å². The van der Waals surface area contributed by atoms with Gasteiger partial charge in [0.25, 0.3) is 5.91 Å². The molecule has 3 aliphatic rings. The molecule has 1 aliphatic carbocycles. The number of hydrogen-bond acceptors (Lipinski definition) is 5. The minimum absolute atomic E-state index is 0.0391. The van der Waals surface area contributed by atoms with Crippen molar-refractivity contribution in [3.8, 4) is 0 Å². The smallest absolute Gasteiger partial charge is 0.410 e. The maximum Gasteiger partial charge on any atom is 0.410 e. The number of nitrogens with one attached hydrogen (secondary N) is 2. The predicted octanol–water partition coefficient (Wildman–Crippen LogP) is 4.88. The van der Waals surface area contributed by atoms with Crippen molar-refractivity contribution in [2.24, 2.45) is 5.92 Å². The zero-order valence-electron chi connectivity index (χ0n) is 17.4. The minimum atomic E-state index is -0.325. The second-order valence-corrected chi connectivity index (χ2v) is 9.32. The van der Waals surface area contributed by atoms with E-state index in [2.05, 4.69) is 34.0 Å². The van der Waals surface area contributed by atoms with E-state index in [9.17, 15) is 9.59 Å². The molecule has 3 unspecified atom stereocenters. The van der Waals surface area contributed by atoms with Crippen molar-refractivity contribution in [2.75, 3.05) is 18.5 Å². The Morgan fingerprint density at radius 2 is 2.16 bits per heavy atom. The minimum Gasteiger partial charge on any atom is -0.445 e. The van der Waals surface area contributed by atoms with Crippen molar-refractivity contribution in [1.29, 1.82) is 0 Å². The van der Waals surface area contributed by atoms with Crippen LogP contribution in [0.5, 0.6) is 0 Å². The van der Waals surface area contributed by atoms with Crippen LogP contribution in [-0.2, 0) is 4.74 Å². The first-order valence-electron chi connectivity index (χ1n) is 10.9. The van der Waals surface area contributed by atoms with E-state index in [-0.39, 0.29) is 42.7 Å². The molecular formula is C24H27N3O3S. The number of benzene rings is 1. The molecule has 162 valence electrons. The lowest BCUT2D eigenvalue weighted by atomic mass is 9.80. The standard InChI is InChI=1S/C24H27N3O3S/c1-2-11-30-24(29)27-10-8-18-21(16-9-12-31-14-16)26-20-7-6-15(13-19(20)22(18)27)23(28)25-17-4-3-5-17/h2,6-7,9,12-14,17-18,21-22,26H,1,3-5,8,10-11H2,(H,25,28). The number of rotatable bonds is 5. The molecule has 3 atom stereocenters. The van der Waals surface area contributed by atoms with Gasteiger partial charge in [-0.2, -0.15) is 11.3 Å². The van der Waals surface area contributed by atoms with E-state index in [0.717, 1.165) is 30.5 Å². The van der Waals surface area contributed by atoms with Crippen LogP contribution >= 0.6 is 11.3 Å². The summed E-state index contributed by atoms with van der Waals surface area (Å²) in [5.41, 5.74) is 3.84. The average Bonchev–Trinajstić information content (AvgIpc) is 3.44. The summed E-state index contributed by atoms with van der Waals surface area (Å²) in [6, 6.07) is 8.23. The van der Waals surface area contributed by atoms with E-state index >= 15 is 0 Å². The lowest BCUT2D eigenvalue weighted by molar-refractivity contribution is 0.0916. The summed E-state index contributed by atoms with van der Waals surface area (Å²) < 4.78 is 5.39. The normalized spacial score (nSPS) is 24.4. The molecule has 0 bridgehead atoms. The highest BCUT2D eigenvalue weighted by Gasteiger charge is 2.47. The van der Waals surface area contributed by atoms with Crippen LogP contribution in [-0.4, -0.2) is 36.1 Å². The Morgan fingerprint density at radius 3 is 2.87 bits per heavy atom. The fourth-order valence-corrected chi connectivity index (χ4v) is 5.64. The zero-order valence-corrected chi connectivity index (χ0v) is 18.2. The van der Waals surface area contributed by atoms with Gasteiger partial charge >= 0.3 is 6.09 Å². The van der Waals surface area contributed by atoms with E-state index in [4.69, 9.17) is 4.74 Å². The van der Waals surface area contributed by atoms with Gasteiger partial charge in [-0.05, 0) is 71.8 Å². The molecule has 2 amide bonds. The molecule has 6 nitrogen and oxygen atoms in total. The highest BCUT2D eigenvalue weighted by molar-refractivity contribution is 7.08. The Bertz CT molecular complexity index is 986. The number of nitrogens with zero attached hydrogens (tertiary/aromatic N) is 1. The predicted molar refractivity (Wildman–Crippen MR) is 121 cm³/mol. The van der Waals surface area contributed by atoms with Crippen LogP contribution in [0.15, 0.2) is 47.7 Å². The molecule has 1 aromatic heterocycles. The van der Waals surface area contributed by atoms with Gasteiger partial charge in [-0.3, -0.25) is 4.79 Å². The zero-order chi connectivity index (χ0) is 21.4. The molecule has 2 aliphatic heterocycles. The molecule has 3 heterocycles. The van der Waals surface area contributed by atoms with Crippen LogP contribution in [0.1, 0.15) is 59.3 Å². The SMILES string of the molecule is C=CCOC(=O)N1CCC2C(c3ccsc3)Nc3ccc(C(=O)NC4CCC4)cc3C21. The summed E-state index contributed by atoms with van der Waals surface area (Å²) in [7, 11) is 0. The van der Waals surface area contributed by atoms with Crippen LogP contribution in [0, 0.1) is 5.92 Å². The number of carbonyl (C=O) groups is 2. The molecule has 0 spiro atoms. The monoisotopic (exact) mass is 437 g/mol. The van der Waals surface area contributed by atoms with E-state index in [1.54, 1.807) is 17.4 Å². The number of carbonyl (C=O) groups excluding carboxylic acids is 2. The number of fused-ring (bicyclic) bond motifs is 3. The van der Waals surface area contributed by atoms with Gasteiger partial charge in [-0.15, -0.1) is 0 Å². The third kappa shape index (κ3) is 3.71. The Labute approximate surface area is 186 Å². The highest BCUT2D eigenvalue weighted by Crippen LogP contribution is 2.51. The van der Waals surface area contributed by atoms with Crippen molar-refractivity contribution in [3.63, 3.8) is 0 Å². The molecule has 1 aromatic carbocycles. The summed E-state index contributed by atoms with van der Waals surface area (Å²) in [4.78, 5) is 27.4. The van der Waals surface area contributed by atoms with Crippen LogP contribution < -0.4 is 10.6 Å². The lowest BCUT2D eigenvalue weighted by Gasteiger charge is -2.39. The summed E-state index contributed by atoms with van der Waals surface area (Å²) in [5, 5.41) is 11.0. The van der Waals surface area contributed by atoms with Gasteiger partial charge in [0.1, 0.15) is 6.61 Å². The third-order valence-electron chi connectivity index (χ3n) is 6.72. The number of ether oxygens (including phenoxy) is 1. The average molecular weight is 438 g/mol. The molecular weight excluding hydrogens is 410 g/mol. The number of thiophene rings is 1. The van der Waals surface area contributed by atoms with Crippen LogP contribution in [0.4, 0.5) is 10.5 Å². The molecule has 7 heteroatoms. The highest BCUT2D eigenvalue weighted by atomic mass is 32.1. The molecule has 1 saturated carbocycles. The van der Waals surface area contributed by atoms with Crippen LogP contribution in [0.25, 0.3) is 0 Å². The Morgan fingerprint density at radius 1 is 1.29 bits per heavy atom. The summed E-state index contributed by atoms with van der Waals surface area (Å²) in [6.45, 7) is 4.46. The molecule has 0 radical (unpaired) electrons. The first kappa shape index (κ1) is 20.1. The first-order valence-corrected chi connectivity index (χ1v) is 11.9. The van der Waals surface area contributed by atoms with Gasteiger partial charge in [0.15, 0.2) is 0 Å². The molecule has 2 fully saturated rings. The maximum absolute atomic E-state index is 12.8. The van der Waals surface area contributed by atoms with Gasteiger partial charge < -0.3 is 20.3 Å². The van der Waals surface area contributed by atoms with Crippen molar-refractivity contribution >= 4 is 29.0 Å². The number of hydrogen-bond donors (Lipinski definition) is 2. The molecule has 5 rings (SSSR count). The Hall–Kier alpha value is -2.80. The lowest BCUT2D eigenvalue weighted by Crippen LogP contribution is -2.40. The van der Waals surface area contributed by atoms with Crippen molar-refractivity contribution < 1.29 is 14.3 Å². The Kier molecular flexibility index (Phi) is 5.44. The summed E-state index contributed by atoms with van der Waals surface area (Å²) in [5.74, 6) is 0.172. The van der Waals surface area contributed by atoms with Crippen LogP contribution in [0.2, 0.25) is 0 Å². The number of likely N-dealkylation sites (tertiary alicyclic amines) is 1. The van der Waals surface area contributed by atoms with Crippen molar-refractivity contribution in [1.82, 2.24) is 10.2 Å². The first-order chi connectivity index (χ1) is 15.2. The fraction of sp³-hybridized carbons (Fsp3) is 0.417. The molecule has 2 aromatic rings. The van der Waals surface area contributed by atoms with E-state index in [1.807, 2.05) is 23.1 Å². The van der Waals surface area contributed by atoms with Gasteiger partial charge in [-0.25, -0.2) is 4.79 Å². The second kappa shape index (κ2) is 8.38. The quantitative estimate of drug-likeness (QED) is 0.654. The van der Waals surface area contributed by atoms with Gasteiger partial charge in [0.2, 0.25) is 0 Å². The second-order valence-electron chi connectivity index (χ2n) is 8.54. The Balaban J connectivity index is 1.49. The number of anilines is 1. The number of amides is 2. The van der Waals surface area contributed by atoms with Crippen LogP contribution in [0.3, 0.4) is 0 Å². The third-order valence-corrected chi connectivity index (χ3v) is 7.42. The van der Waals surface area contributed by atoms with E-state index in [0.29, 0.717) is 12.1 Å². The molecule has 1 saturated heterocycles. The summed E-state index contributed by atoms with van der Waals surface area (Å²) in [6.07, 6.45) is 5.41. The van der Waals surface area contributed by atoms with Gasteiger partial charge in [0.05, 0.1) is 12.1 Å². The van der Waals surface area contributed by atoms with Crippen molar-refractivity contribution in [3.05, 3.63) is 64.4 Å². The fourth-order valence-electron chi connectivity index (χ4n) is 4.94. The molecule has 2 N–H and O–H groups in total. The topological polar surface area (TPSA) is 70.7 Å². The van der Waals surface area contributed by atoms with Gasteiger partial charge in [-0.1, -0.05) is 12.7 Å². The van der Waals surface area contributed by atoms with E-state index in [1.165, 1.54) is 12.0 Å².